The molecule has 7 heteroatoms. The average Bonchev–Trinajstić information content (AvgIpc) is 2.59. The van der Waals surface area contributed by atoms with Crippen LogP contribution in [0.1, 0.15) is 15.9 Å². The first kappa shape index (κ1) is 19.2. The molecule has 0 aromatic heterocycles. The molecule has 4 nitrogen and oxygen atoms in total. The average molecular weight is 383 g/mol. The number of hydrogen-bond donors (Lipinski definition) is 1. The first-order valence-corrected chi connectivity index (χ1v) is 8.45. The summed E-state index contributed by atoms with van der Waals surface area (Å²) in [6.45, 7) is 2.27. The maximum absolute atomic E-state index is 13.2. The smallest absolute Gasteiger partial charge is 0.258 e. The summed E-state index contributed by atoms with van der Waals surface area (Å²) in [7, 11) is 0. The largest absolute Gasteiger partial charge is 0.352 e. The summed E-state index contributed by atoms with van der Waals surface area (Å²) in [5.74, 6) is -1.19. The molecule has 0 aliphatic rings. The molecule has 0 atom stereocenters. The van der Waals surface area contributed by atoms with Crippen molar-refractivity contribution < 1.29 is 14.0 Å². The molecule has 0 unspecified atom stereocenters. The molecule has 0 radical (unpaired) electrons. The van der Waals surface area contributed by atoms with Crippen LogP contribution in [-0.2, 0) is 4.79 Å². The number of amides is 2. The molecule has 0 saturated carbocycles. The van der Waals surface area contributed by atoms with Gasteiger partial charge in [-0.2, -0.15) is 0 Å². The molecular formula is C18H17Cl2FN2O2. The van der Waals surface area contributed by atoms with E-state index in [4.69, 9.17) is 23.2 Å². The third-order valence-electron chi connectivity index (χ3n) is 3.51. The highest BCUT2D eigenvalue weighted by atomic mass is 35.5. The monoisotopic (exact) mass is 382 g/mol. The number of nitrogens with one attached hydrogen (secondary N) is 1. The van der Waals surface area contributed by atoms with Crippen molar-refractivity contribution in [2.75, 3.05) is 18.0 Å². The molecule has 132 valence electrons. The van der Waals surface area contributed by atoms with Crippen molar-refractivity contribution in [3.05, 3.63) is 65.5 Å². The number of rotatable bonds is 6. The quantitative estimate of drug-likeness (QED) is 0.774. The summed E-state index contributed by atoms with van der Waals surface area (Å²) >= 11 is 11.0. The van der Waals surface area contributed by atoms with E-state index in [0.717, 1.165) is 5.56 Å². The molecular weight excluding hydrogens is 366 g/mol. The van der Waals surface area contributed by atoms with Crippen LogP contribution in [0, 0.1) is 12.7 Å². The normalized spacial score (nSPS) is 10.6. The number of alkyl halides is 2. The third-order valence-corrected chi connectivity index (χ3v) is 3.91. The van der Waals surface area contributed by atoms with E-state index < -0.39 is 16.6 Å². The van der Waals surface area contributed by atoms with Crippen LogP contribution in [0.3, 0.4) is 0 Å². The second-order valence-electron chi connectivity index (χ2n) is 5.39. The Balaban J connectivity index is 2.19. The summed E-state index contributed by atoms with van der Waals surface area (Å²) in [4.78, 5) is 24.6. The lowest BCUT2D eigenvalue weighted by atomic mass is 10.1. The van der Waals surface area contributed by atoms with Crippen molar-refractivity contribution in [2.45, 2.75) is 11.8 Å². The van der Waals surface area contributed by atoms with E-state index in [-0.39, 0.29) is 19.0 Å². The first-order chi connectivity index (χ1) is 11.9. The summed E-state index contributed by atoms with van der Waals surface area (Å²) in [6.07, 6.45) is 0. The number of halogens is 3. The van der Waals surface area contributed by atoms with E-state index in [0.29, 0.717) is 11.3 Å². The zero-order valence-electron chi connectivity index (χ0n) is 13.5. The van der Waals surface area contributed by atoms with Gasteiger partial charge in [-0.1, -0.05) is 40.9 Å². The Morgan fingerprint density at radius 2 is 1.68 bits per heavy atom. The van der Waals surface area contributed by atoms with Crippen LogP contribution in [0.15, 0.2) is 48.5 Å². The van der Waals surface area contributed by atoms with Gasteiger partial charge in [-0.3, -0.25) is 9.59 Å². The fraction of sp³-hybridized carbons (Fsp3) is 0.222. The molecule has 0 bridgehead atoms. The van der Waals surface area contributed by atoms with Crippen molar-refractivity contribution in [2.24, 2.45) is 0 Å². The number of nitrogens with zero attached hydrogens (tertiary/aromatic N) is 1. The minimum atomic E-state index is -1.17. The lowest BCUT2D eigenvalue weighted by Crippen LogP contribution is -2.40. The zero-order chi connectivity index (χ0) is 18.4. The Morgan fingerprint density at radius 1 is 1.08 bits per heavy atom. The van der Waals surface area contributed by atoms with Gasteiger partial charge >= 0.3 is 0 Å². The fourth-order valence-electron chi connectivity index (χ4n) is 2.19. The Labute approximate surface area is 155 Å². The second kappa shape index (κ2) is 8.83. The first-order valence-electron chi connectivity index (χ1n) is 7.58. The molecule has 0 saturated heterocycles. The van der Waals surface area contributed by atoms with Crippen LogP contribution in [-0.4, -0.2) is 29.7 Å². The van der Waals surface area contributed by atoms with Crippen LogP contribution < -0.4 is 10.2 Å². The number of carbonyl (C=O) groups is 2. The van der Waals surface area contributed by atoms with Gasteiger partial charge in [0.25, 0.3) is 11.8 Å². The summed E-state index contributed by atoms with van der Waals surface area (Å²) in [5, 5.41) is 2.54. The van der Waals surface area contributed by atoms with Gasteiger partial charge in [0, 0.05) is 24.3 Å². The minimum Gasteiger partial charge on any atom is -0.352 e. The molecule has 25 heavy (non-hydrogen) atoms. The molecule has 2 amide bonds. The maximum Gasteiger partial charge on any atom is 0.258 e. The van der Waals surface area contributed by atoms with Crippen molar-refractivity contribution in [3.63, 3.8) is 0 Å². The van der Waals surface area contributed by atoms with Gasteiger partial charge in [0.15, 0.2) is 4.84 Å². The Bertz CT molecular complexity index is 734. The minimum absolute atomic E-state index is 0.156. The number of aryl methyl sites for hydroxylation is 1. The predicted molar refractivity (Wildman–Crippen MR) is 97.8 cm³/mol. The lowest BCUT2D eigenvalue weighted by molar-refractivity contribution is -0.119. The number of benzene rings is 2. The summed E-state index contributed by atoms with van der Waals surface area (Å²) < 4.78 is 13.2. The lowest BCUT2D eigenvalue weighted by Gasteiger charge is -2.23. The van der Waals surface area contributed by atoms with Gasteiger partial charge in [0.2, 0.25) is 0 Å². The summed E-state index contributed by atoms with van der Waals surface area (Å²) in [6, 6.07) is 12.7. The van der Waals surface area contributed by atoms with Crippen LogP contribution >= 0.6 is 23.2 Å². The van der Waals surface area contributed by atoms with E-state index >= 15 is 0 Å². The van der Waals surface area contributed by atoms with Crippen molar-refractivity contribution >= 4 is 40.7 Å². The SMILES string of the molecule is Cc1ccc(C(=O)N(CCNC(=O)C(Cl)Cl)c2ccc(F)cc2)cc1. The van der Waals surface area contributed by atoms with Gasteiger partial charge in [-0.15, -0.1) is 0 Å². The standard InChI is InChI=1S/C18H17Cl2FN2O2/c1-12-2-4-13(5-3-12)18(25)23(11-10-22-17(24)16(19)20)15-8-6-14(21)7-9-15/h2-9,16H,10-11H2,1H3,(H,22,24). The Hall–Kier alpha value is -2.11. The van der Waals surface area contributed by atoms with Gasteiger partial charge in [0.1, 0.15) is 5.82 Å². The van der Waals surface area contributed by atoms with Crippen LogP contribution in [0.4, 0.5) is 10.1 Å². The molecule has 2 rings (SSSR count). The van der Waals surface area contributed by atoms with Crippen LogP contribution in [0.5, 0.6) is 0 Å². The number of hydrogen-bond acceptors (Lipinski definition) is 2. The van der Waals surface area contributed by atoms with Crippen molar-refractivity contribution in [3.8, 4) is 0 Å². The second-order valence-corrected chi connectivity index (χ2v) is 6.49. The van der Waals surface area contributed by atoms with E-state index in [1.807, 2.05) is 19.1 Å². The van der Waals surface area contributed by atoms with E-state index in [1.54, 1.807) is 12.1 Å². The van der Waals surface area contributed by atoms with Gasteiger partial charge in [-0.25, -0.2) is 4.39 Å². The fourth-order valence-corrected chi connectivity index (χ4v) is 2.34. The molecule has 0 spiro atoms. The van der Waals surface area contributed by atoms with Gasteiger partial charge < -0.3 is 10.2 Å². The highest BCUT2D eigenvalue weighted by Gasteiger charge is 2.19. The van der Waals surface area contributed by atoms with Crippen LogP contribution in [0.2, 0.25) is 0 Å². The molecule has 0 heterocycles. The van der Waals surface area contributed by atoms with E-state index in [2.05, 4.69) is 5.32 Å². The summed E-state index contributed by atoms with van der Waals surface area (Å²) in [5.41, 5.74) is 2.05. The maximum atomic E-state index is 13.2. The highest BCUT2D eigenvalue weighted by molar-refractivity contribution is 6.53. The molecule has 2 aromatic rings. The molecule has 2 aromatic carbocycles. The Morgan fingerprint density at radius 3 is 2.24 bits per heavy atom. The predicted octanol–water partition coefficient (Wildman–Crippen LogP) is 3.70. The Kier molecular flexibility index (Phi) is 6.79. The molecule has 0 aliphatic heterocycles. The molecule has 1 N–H and O–H groups in total. The van der Waals surface area contributed by atoms with E-state index in [1.165, 1.54) is 29.2 Å². The number of anilines is 1. The van der Waals surface area contributed by atoms with E-state index in [9.17, 15) is 14.0 Å². The van der Waals surface area contributed by atoms with Crippen molar-refractivity contribution in [1.82, 2.24) is 5.32 Å². The molecule has 0 fully saturated rings. The topological polar surface area (TPSA) is 49.4 Å². The number of carbonyl (C=O) groups excluding carboxylic acids is 2. The van der Waals surface area contributed by atoms with Crippen LogP contribution in [0.25, 0.3) is 0 Å². The highest BCUT2D eigenvalue weighted by Crippen LogP contribution is 2.18. The third kappa shape index (κ3) is 5.44. The van der Waals surface area contributed by atoms with Crippen molar-refractivity contribution in [1.29, 1.82) is 0 Å². The van der Waals surface area contributed by atoms with Gasteiger partial charge in [0.05, 0.1) is 0 Å². The molecule has 0 aliphatic carbocycles. The zero-order valence-corrected chi connectivity index (χ0v) is 15.0. The van der Waals surface area contributed by atoms with Gasteiger partial charge in [-0.05, 0) is 43.3 Å².